The number of amides is 3. The summed E-state index contributed by atoms with van der Waals surface area (Å²) in [5.41, 5.74) is 3.92. The predicted molar refractivity (Wildman–Crippen MR) is 139 cm³/mol. The van der Waals surface area contributed by atoms with Crippen molar-refractivity contribution in [2.45, 2.75) is 45.6 Å². The Kier molecular flexibility index (Phi) is 6.78. The van der Waals surface area contributed by atoms with Crippen LogP contribution in [0.1, 0.15) is 51.2 Å². The highest BCUT2D eigenvalue weighted by Crippen LogP contribution is 2.44. The van der Waals surface area contributed by atoms with Crippen molar-refractivity contribution in [3.05, 3.63) is 63.5 Å². The van der Waals surface area contributed by atoms with Gasteiger partial charge in [0.25, 0.3) is 11.1 Å². The molecule has 1 atom stereocenters. The topological polar surface area (TPSA) is 69.7 Å². The van der Waals surface area contributed by atoms with Gasteiger partial charge >= 0.3 is 0 Å². The lowest BCUT2D eigenvalue weighted by Crippen LogP contribution is -2.48. The lowest BCUT2D eigenvalue weighted by Gasteiger charge is -2.47. The van der Waals surface area contributed by atoms with Crippen LogP contribution in [0, 0.1) is 0 Å². The number of nitrogens with zero attached hydrogens (tertiary/aromatic N) is 2. The third kappa shape index (κ3) is 4.86. The lowest BCUT2D eigenvalue weighted by molar-refractivity contribution is -0.127. The molecule has 8 heteroatoms. The van der Waals surface area contributed by atoms with E-state index in [0.717, 1.165) is 35.2 Å². The number of carbonyl (C=O) groups is 3. The van der Waals surface area contributed by atoms with Crippen LogP contribution in [0.4, 0.5) is 16.2 Å². The molecule has 3 amide bonds. The Morgan fingerprint density at radius 3 is 2.71 bits per heavy atom. The number of fused-ring (bicyclic) bond motifs is 1. The van der Waals surface area contributed by atoms with Gasteiger partial charge in [-0.05, 0) is 92.4 Å². The minimum absolute atomic E-state index is 0.0804. The zero-order valence-electron chi connectivity index (χ0n) is 19.7. The number of anilines is 2. The molecule has 6 nitrogen and oxygen atoms in total. The minimum Gasteiger partial charge on any atom is -0.366 e. The van der Waals surface area contributed by atoms with Crippen molar-refractivity contribution in [1.82, 2.24) is 4.90 Å². The summed E-state index contributed by atoms with van der Waals surface area (Å²) in [4.78, 5) is 41.5. The van der Waals surface area contributed by atoms with Gasteiger partial charge in [-0.15, -0.1) is 0 Å². The van der Waals surface area contributed by atoms with E-state index in [1.807, 2.05) is 6.07 Å². The van der Waals surface area contributed by atoms with Crippen LogP contribution in [-0.4, -0.2) is 40.6 Å². The highest BCUT2D eigenvalue weighted by atomic mass is 35.5. The van der Waals surface area contributed by atoms with E-state index in [1.165, 1.54) is 11.3 Å². The van der Waals surface area contributed by atoms with Crippen LogP contribution in [0.2, 0.25) is 5.02 Å². The Hall–Kier alpha value is -2.77. The molecule has 2 heterocycles. The summed E-state index contributed by atoms with van der Waals surface area (Å²) in [6, 6.07) is 12.9. The van der Waals surface area contributed by atoms with Crippen molar-refractivity contribution < 1.29 is 14.4 Å². The van der Waals surface area contributed by atoms with Gasteiger partial charge in [-0.25, -0.2) is 0 Å². The summed E-state index contributed by atoms with van der Waals surface area (Å²) in [7, 11) is 0. The number of thioether (sulfide) groups is 1. The molecule has 1 unspecified atom stereocenters. The number of halogens is 1. The monoisotopic (exact) mass is 497 g/mol. The molecule has 1 saturated heterocycles. The Morgan fingerprint density at radius 1 is 1.24 bits per heavy atom. The first-order valence-electron chi connectivity index (χ1n) is 11.3. The molecule has 0 radical (unpaired) electrons. The smallest absolute Gasteiger partial charge is 0.294 e. The van der Waals surface area contributed by atoms with Gasteiger partial charge in [0.1, 0.15) is 6.54 Å². The fraction of sp³-hybridized carbons (Fsp3) is 0.346. The predicted octanol–water partition coefficient (Wildman–Crippen LogP) is 6.13. The summed E-state index contributed by atoms with van der Waals surface area (Å²) in [5, 5.41) is 2.70. The standard InChI is InChI=1S/C26H28ClN3O3S/c1-5-30-21-10-9-17(11-20(21)16(2)14-26(30,3)4)12-22-24(32)29(25(33)34-22)15-23(31)28-19-8-6-7-18(27)13-19/h6-13,16H,5,14-15H2,1-4H3,(H,28,31)/b22-12-. The average Bonchev–Trinajstić information content (AvgIpc) is 3.01. The number of imide groups is 1. The first-order chi connectivity index (χ1) is 16.1. The number of nitrogens with one attached hydrogen (secondary N) is 1. The summed E-state index contributed by atoms with van der Waals surface area (Å²) in [6.45, 7) is 9.49. The van der Waals surface area contributed by atoms with Gasteiger partial charge in [-0.2, -0.15) is 0 Å². The van der Waals surface area contributed by atoms with E-state index in [4.69, 9.17) is 11.6 Å². The molecule has 0 aliphatic carbocycles. The molecule has 0 aromatic heterocycles. The van der Waals surface area contributed by atoms with Gasteiger partial charge in [0.15, 0.2) is 0 Å². The van der Waals surface area contributed by atoms with E-state index in [0.29, 0.717) is 21.5 Å². The first kappa shape index (κ1) is 24.4. The molecule has 0 bridgehead atoms. The van der Waals surface area contributed by atoms with Crippen molar-refractivity contribution in [2.24, 2.45) is 0 Å². The van der Waals surface area contributed by atoms with Gasteiger partial charge in [0, 0.05) is 28.5 Å². The summed E-state index contributed by atoms with van der Waals surface area (Å²) < 4.78 is 0. The van der Waals surface area contributed by atoms with Crippen LogP contribution < -0.4 is 10.2 Å². The fourth-order valence-corrected chi connectivity index (χ4v) is 5.92. The second-order valence-corrected chi connectivity index (χ2v) is 10.7. The maximum atomic E-state index is 12.9. The number of rotatable bonds is 5. The minimum atomic E-state index is -0.462. The number of hydrogen-bond donors (Lipinski definition) is 1. The van der Waals surface area contributed by atoms with Gasteiger partial charge < -0.3 is 10.2 Å². The molecular formula is C26H28ClN3O3S. The Bertz CT molecular complexity index is 1190. The van der Waals surface area contributed by atoms with Crippen molar-refractivity contribution >= 4 is 57.9 Å². The molecule has 4 rings (SSSR count). The molecule has 178 valence electrons. The van der Waals surface area contributed by atoms with E-state index >= 15 is 0 Å². The third-order valence-electron chi connectivity index (χ3n) is 6.31. The zero-order valence-corrected chi connectivity index (χ0v) is 21.3. The summed E-state index contributed by atoms with van der Waals surface area (Å²) in [5.74, 6) is -0.541. The Morgan fingerprint density at radius 2 is 2.00 bits per heavy atom. The molecule has 34 heavy (non-hydrogen) atoms. The highest BCUT2D eigenvalue weighted by Gasteiger charge is 2.37. The first-order valence-corrected chi connectivity index (χ1v) is 12.5. The van der Waals surface area contributed by atoms with Crippen molar-refractivity contribution in [2.75, 3.05) is 23.3 Å². The van der Waals surface area contributed by atoms with Gasteiger partial charge in [-0.1, -0.05) is 30.7 Å². The lowest BCUT2D eigenvalue weighted by atomic mass is 9.79. The van der Waals surface area contributed by atoms with Crippen LogP contribution in [-0.2, 0) is 9.59 Å². The molecule has 0 spiro atoms. The largest absolute Gasteiger partial charge is 0.366 e. The average molecular weight is 498 g/mol. The van der Waals surface area contributed by atoms with Crippen LogP contribution in [0.15, 0.2) is 47.4 Å². The van der Waals surface area contributed by atoms with Crippen LogP contribution in [0.3, 0.4) is 0 Å². The number of hydrogen-bond acceptors (Lipinski definition) is 5. The molecule has 1 N–H and O–H groups in total. The maximum Gasteiger partial charge on any atom is 0.294 e. The van der Waals surface area contributed by atoms with E-state index in [-0.39, 0.29) is 12.1 Å². The third-order valence-corrected chi connectivity index (χ3v) is 7.45. The number of carbonyl (C=O) groups excluding carboxylic acids is 3. The molecule has 2 aliphatic heterocycles. The molecule has 2 aromatic carbocycles. The van der Waals surface area contributed by atoms with Gasteiger partial charge in [0.2, 0.25) is 5.91 Å². The van der Waals surface area contributed by atoms with E-state index < -0.39 is 17.1 Å². The van der Waals surface area contributed by atoms with Crippen LogP contribution in [0.25, 0.3) is 6.08 Å². The zero-order chi connectivity index (χ0) is 24.6. The van der Waals surface area contributed by atoms with Crippen molar-refractivity contribution in [3.63, 3.8) is 0 Å². The van der Waals surface area contributed by atoms with Gasteiger partial charge in [-0.3, -0.25) is 19.3 Å². The van der Waals surface area contributed by atoms with Crippen LogP contribution >= 0.6 is 23.4 Å². The van der Waals surface area contributed by atoms with Gasteiger partial charge in [0.05, 0.1) is 4.91 Å². The molecule has 1 fully saturated rings. The molecular weight excluding hydrogens is 470 g/mol. The van der Waals surface area contributed by atoms with E-state index in [9.17, 15) is 14.4 Å². The normalized spacial score (nSPS) is 20.6. The molecule has 2 aromatic rings. The Labute approximate surface area is 209 Å². The Balaban J connectivity index is 1.51. The highest BCUT2D eigenvalue weighted by molar-refractivity contribution is 8.18. The van der Waals surface area contributed by atoms with E-state index in [1.54, 1.807) is 30.3 Å². The SMILES string of the molecule is CCN1c2ccc(/C=C3\SC(=O)N(CC(=O)Nc4cccc(Cl)c4)C3=O)cc2C(C)CC1(C)C. The van der Waals surface area contributed by atoms with Crippen LogP contribution in [0.5, 0.6) is 0 Å². The number of benzene rings is 2. The maximum absolute atomic E-state index is 12.9. The quantitative estimate of drug-likeness (QED) is 0.503. The van der Waals surface area contributed by atoms with E-state index in [2.05, 4.69) is 50.0 Å². The molecule has 2 aliphatic rings. The second-order valence-electron chi connectivity index (χ2n) is 9.31. The second kappa shape index (κ2) is 9.47. The summed E-state index contributed by atoms with van der Waals surface area (Å²) >= 11 is 6.80. The van der Waals surface area contributed by atoms with Crippen molar-refractivity contribution in [1.29, 1.82) is 0 Å². The summed E-state index contributed by atoms with van der Waals surface area (Å²) in [6.07, 6.45) is 2.78. The fourth-order valence-electron chi connectivity index (χ4n) is 4.90. The molecule has 0 saturated carbocycles. The van der Waals surface area contributed by atoms with Crippen molar-refractivity contribution in [3.8, 4) is 0 Å².